The minimum atomic E-state index is -4.27. The number of hydrogen-bond acceptors (Lipinski definition) is 3. The SMILES string of the molecule is O=S(=O)(c1ccccc1Cl)N1C=CN(CCC(F)(F)F)C1. The number of benzene rings is 1. The van der Waals surface area contributed by atoms with Crippen molar-refractivity contribution in [1.29, 1.82) is 0 Å². The summed E-state index contributed by atoms with van der Waals surface area (Å²) >= 11 is 5.85. The quantitative estimate of drug-likeness (QED) is 0.846. The Morgan fingerprint density at radius 2 is 1.86 bits per heavy atom. The molecule has 0 spiro atoms. The van der Waals surface area contributed by atoms with E-state index in [9.17, 15) is 21.6 Å². The largest absolute Gasteiger partial charge is 0.390 e. The first-order valence-corrected chi connectivity index (χ1v) is 7.77. The van der Waals surface area contributed by atoms with Gasteiger partial charge < -0.3 is 4.90 Å². The van der Waals surface area contributed by atoms with Crippen LogP contribution in [-0.4, -0.2) is 37.0 Å². The Bertz CT molecular complexity index is 646. The molecular weight excluding hydrogens is 329 g/mol. The first-order chi connectivity index (χ1) is 9.70. The number of alkyl halides is 3. The minimum Gasteiger partial charge on any atom is -0.357 e. The topological polar surface area (TPSA) is 40.6 Å². The Balaban J connectivity index is 2.08. The average Bonchev–Trinajstić information content (AvgIpc) is 2.85. The normalized spacial score (nSPS) is 15.8. The zero-order valence-electron chi connectivity index (χ0n) is 10.7. The summed E-state index contributed by atoms with van der Waals surface area (Å²) in [6, 6.07) is 5.91. The van der Waals surface area contributed by atoms with Crippen molar-refractivity contribution in [3.63, 3.8) is 0 Å². The Kier molecular flexibility index (Phi) is 4.38. The molecule has 0 fully saturated rings. The van der Waals surface area contributed by atoms with E-state index < -0.39 is 22.6 Å². The van der Waals surface area contributed by atoms with Crippen LogP contribution in [-0.2, 0) is 10.0 Å². The van der Waals surface area contributed by atoms with Crippen molar-refractivity contribution in [1.82, 2.24) is 9.21 Å². The zero-order chi connectivity index (χ0) is 15.7. The molecule has 1 aromatic rings. The molecule has 0 bridgehead atoms. The van der Waals surface area contributed by atoms with Gasteiger partial charge in [0, 0.05) is 18.9 Å². The Hall–Kier alpha value is -1.41. The summed E-state index contributed by atoms with van der Waals surface area (Å²) in [6.45, 7) is -0.460. The second-order valence-electron chi connectivity index (χ2n) is 4.44. The fourth-order valence-electron chi connectivity index (χ4n) is 1.79. The molecule has 1 aromatic carbocycles. The molecule has 9 heteroatoms. The molecule has 0 saturated carbocycles. The molecule has 0 radical (unpaired) electrons. The molecule has 0 N–H and O–H groups in total. The van der Waals surface area contributed by atoms with Crippen molar-refractivity contribution < 1.29 is 21.6 Å². The van der Waals surface area contributed by atoms with Crippen molar-refractivity contribution in [3.05, 3.63) is 41.7 Å². The van der Waals surface area contributed by atoms with E-state index in [2.05, 4.69) is 0 Å². The van der Waals surface area contributed by atoms with Crippen molar-refractivity contribution in [3.8, 4) is 0 Å². The van der Waals surface area contributed by atoms with Crippen molar-refractivity contribution >= 4 is 21.6 Å². The Morgan fingerprint density at radius 1 is 1.19 bits per heavy atom. The van der Waals surface area contributed by atoms with E-state index in [0.717, 1.165) is 4.31 Å². The van der Waals surface area contributed by atoms with Gasteiger partial charge in [-0.15, -0.1) is 0 Å². The van der Waals surface area contributed by atoms with Crippen LogP contribution in [0.4, 0.5) is 13.2 Å². The van der Waals surface area contributed by atoms with Gasteiger partial charge in [0.25, 0.3) is 10.0 Å². The number of rotatable bonds is 4. The molecule has 116 valence electrons. The third kappa shape index (κ3) is 3.82. The van der Waals surface area contributed by atoms with Gasteiger partial charge in [0.15, 0.2) is 0 Å². The summed E-state index contributed by atoms with van der Waals surface area (Å²) in [7, 11) is -3.86. The molecule has 4 nitrogen and oxygen atoms in total. The van der Waals surface area contributed by atoms with Gasteiger partial charge in [0.05, 0.1) is 11.4 Å². The third-order valence-corrected chi connectivity index (χ3v) is 5.08. The lowest BCUT2D eigenvalue weighted by Crippen LogP contribution is -2.32. The fourth-order valence-corrected chi connectivity index (χ4v) is 3.55. The second-order valence-corrected chi connectivity index (χ2v) is 6.71. The van der Waals surface area contributed by atoms with E-state index in [4.69, 9.17) is 11.6 Å². The monoisotopic (exact) mass is 340 g/mol. The van der Waals surface area contributed by atoms with Gasteiger partial charge in [0.1, 0.15) is 11.6 Å². The molecule has 0 amide bonds. The van der Waals surface area contributed by atoms with E-state index in [1.807, 2.05) is 0 Å². The highest BCUT2D eigenvalue weighted by Crippen LogP contribution is 2.27. The van der Waals surface area contributed by atoms with E-state index in [-0.39, 0.29) is 23.1 Å². The summed E-state index contributed by atoms with van der Waals surface area (Å²) in [5, 5.41) is 0.0691. The van der Waals surface area contributed by atoms with E-state index in [0.29, 0.717) is 0 Å². The molecule has 1 aliphatic rings. The molecule has 0 saturated heterocycles. The van der Waals surface area contributed by atoms with Gasteiger partial charge >= 0.3 is 6.18 Å². The summed E-state index contributed by atoms with van der Waals surface area (Å²) in [4.78, 5) is 1.20. The third-order valence-electron chi connectivity index (χ3n) is 2.87. The van der Waals surface area contributed by atoms with Gasteiger partial charge in [-0.05, 0) is 12.1 Å². The first-order valence-electron chi connectivity index (χ1n) is 5.96. The van der Waals surface area contributed by atoms with E-state index in [1.54, 1.807) is 6.07 Å². The van der Waals surface area contributed by atoms with Gasteiger partial charge in [-0.3, -0.25) is 4.31 Å². The summed E-state index contributed by atoms with van der Waals surface area (Å²) in [6.07, 6.45) is -2.73. The molecule has 0 aliphatic carbocycles. The van der Waals surface area contributed by atoms with Crippen LogP contribution in [0.1, 0.15) is 6.42 Å². The van der Waals surface area contributed by atoms with Crippen LogP contribution < -0.4 is 0 Å². The maximum atomic E-state index is 12.3. The first kappa shape index (κ1) is 16.0. The number of hydrogen-bond donors (Lipinski definition) is 0. The predicted octanol–water partition coefficient (Wildman–Crippen LogP) is 3.03. The van der Waals surface area contributed by atoms with Gasteiger partial charge in [0.2, 0.25) is 0 Å². The van der Waals surface area contributed by atoms with E-state index in [1.165, 1.54) is 35.5 Å². The second kappa shape index (κ2) is 5.76. The highest BCUT2D eigenvalue weighted by atomic mass is 35.5. The Labute approximate surface area is 125 Å². The van der Waals surface area contributed by atoms with Crippen molar-refractivity contribution in [2.75, 3.05) is 13.2 Å². The maximum Gasteiger partial charge on any atom is 0.390 e. The Morgan fingerprint density at radius 3 is 2.48 bits per heavy atom. The predicted molar refractivity (Wildman–Crippen MR) is 71.9 cm³/mol. The number of sulfonamides is 1. The molecule has 1 aliphatic heterocycles. The van der Waals surface area contributed by atoms with Crippen molar-refractivity contribution in [2.24, 2.45) is 0 Å². The molecular formula is C12H12ClF3N2O2S. The molecule has 0 aromatic heterocycles. The van der Waals surface area contributed by atoms with Crippen LogP contribution in [0.3, 0.4) is 0 Å². The lowest BCUT2D eigenvalue weighted by Gasteiger charge is -2.22. The van der Waals surface area contributed by atoms with Crippen LogP contribution >= 0.6 is 11.6 Å². The highest BCUT2D eigenvalue weighted by Gasteiger charge is 2.31. The molecule has 0 unspecified atom stereocenters. The fraction of sp³-hybridized carbons (Fsp3) is 0.333. The van der Waals surface area contributed by atoms with Crippen LogP contribution in [0.2, 0.25) is 5.02 Å². The molecule has 21 heavy (non-hydrogen) atoms. The van der Waals surface area contributed by atoms with Crippen molar-refractivity contribution in [2.45, 2.75) is 17.5 Å². The van der Waals surface area contributed by atoms with Crippen LogP contribution in [0.25, 0.3) is 0 Å². The lowest BCUT2D eigenvalue weighted by molar-refractivity contribution is -0.136. The standard InChI is InChI=1S/C12H12ClF3N2O2S/c13-10-3-1-2-4-11(10)21(19,20)18-8-7-17(9-18)6-5-12(14,15)16/h1-4,7-8H,5-6,9H2. The maximum absolute atomic E-state index is 12.3. The van der Waals surface area contributed by atoms with Crippen LogP contribution in [0.5, 0.6) is 0 Å². The van der Waals surface area contributed by atoms with Crippen LogP contribution in [0, 0.1) is 0 Å². The smallest absolute Gasteiger partial charge is 0.357 e. The van der Waals surface area contributed by atoms with E-state index >= 15 is 0 Å². The van der Waals surface area contributed by atoms with Crippen LogP contribution in [0.15, 0.2) is 41.6 Å². The average molecular weight is 341 g/mol. The summed E-state index contributed by atoms with van der Waals surface area (Å²) in [5.41, 5.74) is 0. The minimum absolute atomic E-state index is 0.0691. The molecule has 0 atom stereocenters. The highest BCUT2D eigenvalue weighted by molar-refractivity contribution is 7.89. The number of nitrogens with zero attached hydrogens (tertiary/aromatic N) is 2. The van der Waals surface area contributed by atoms with Gasteiger partial charge in [-0.2, -0.15) is 13.2 Å². The number of halogens is 4. The molecule has 1 heterocycles. The summed E-state index contributed by atoms with van der Waals surface area (Å²) < 4.78 is 62.1. The zero-order valence-corrected chi connectivity index (χ0v) is 12.3. The summed E-state index contributed by atoms with van der Waals surface area (Å²) in [5.74, 6) is 0. The lowest BCUT2D eigenvalue weighted by atomic mass is 10.4. The van der Waals surface area contributed by atoms with Gasteiger partial charge in [-0.1, -0.05) is 23.7 Å². The van der Waals surface area contributed by atoms with Gasteiger partial charge in [-0.25, -0.2) is 8.42 Å². The molecule has 2 rings (SSSR count).